The summed E-state index contributed by atoms with van der Waals surface area (Å²) in [5.41, 5.74) is 0. The Morgan fingerprint density at radius 1 is 1.21 bits per heavy atom. The molecular weight excluding hydrogens is 244 g/mol. The van der Waals surface area contributed by atoms with Gasteiger partial charge in [-0.15, -0.1) is 0 Å². The number of unbranched alkanes of at least 4 members (excludes halogenated alkanes) is 2. The Kier molecular flexibility index (Phi) is 7.61. The third kappa shape index (κ3) is 5.22. The molecule has 0 heterocycles. The van der Waals surface area contributed by atoms with Gasteiger partial charge in [0, 0.05) is 18.9 Å². The lowest BCUT2D eigenvalue weighted by molar-refractivity contribution is 0.103. The van der Waals surface area contributed by atoms with Crippen molar-refractivity contribution in [1.29, 1.82) is 0 Å². The van der Waals surface area contributed by atoms with E-state index in [1.165, 1.54) is 0 Å². The van der Waals surface area contributed by atoms with E-state index in [9.17, 15) is 15.3 Å². The van der Waals surface area contributed by atoms with E-state index >= 15 is 0 Å². The van der Waals surface area contributed by atoms with Gasteiger partial charge in [-0.1, -0.05) is 38.3 Å². The molecule has 1 saturated carbocycles. The molecule has 0 aliphatic heterocycles. The maximum Gasteiger partial charge on any atom is 0.0721 e. The summed E-state index contributed by atoms with van der Waals surface area (Å²) in [5, 5.41) is 38.6. The topological polar surface area (TPSA) is 80.9 Å². The fourth-order valence-electron chi connectivity index (χ4n) is 2.88. The molecule has 0 aromatic carbocycles. The van der Waals surface area contributed by atoms with Gasteiger partial charge in [-0.2, -0.15) is 0 Å². The fourth-order valence-corrected chi connectivity index (χ4v) is 2.88. The summed E-state index contributed by atoms with van der Waals surface area (Å²) >= 11 is 0. The van der Waals surface area contributed by atoms with Crippen LogP contribution in [0.3, 0.4) is 0 Å². The van der Waals surface area contributed by atoms with Crippen molar-refractivity contribution < 1.29 is 20.4 Å². The lowest BCUT2D eigenvalue weighted by Gasteiger charge is -2.20. The highest BCUT2D eigenvalue weighted by molar-refractivity contribution is 5.04. The quantitative estimate of drug-likeness (QED) is 0.396. The zero-order chi connectivity index (χ0) is 14.3. The van der Waals surface area contributed by atoms with Gasteiger partial charge >= 0.3 is 0 Å². The van der Waals surface area contributed by atoms with Gasteiger partial charge in [0.25, 0.3) is 0 Å². The largest absolute Gasteiger partial charge is 0.396 e. The van der Waals surface area contributed by atoms with Gasteiger partial charge in [-0.3, -0.25) is 0 Å². The monoisotopic (exact) mass is 272 g/mol. The molecule has 1 aliphatic rings. The molecule has 4 N–H and O–H groups in total. The molecule has 0 saturated heterocycles. The van der Waals surface area contributed by atoms with E-state index in [4.69, 9.17) is 5.11 Å². The zero-order valence-corrected chi connectivity index (χ0v) is 11.8. The first-order valence-corrected chi connectivity index (χ1v) is 7.43. The van der Waals surface area contributed by atoms with Crippen molar-refractivity contribution in [2.24, 2.45) is 11.8 Å². The van der Waals surface area contributed by atoms with Crippen LogP contribution in [-0.4, -0.2) is 45.3 Å². The number of hydrogen-bond acceptors (Lipinski definition) is 4. The Bertz CT molecular complexity index is 267. The average Bonchev–Trinajstić information content (AvgIpc) is 2.63. The summed E-state index contributed by atoms with van der Waals surface area (Å²) in [7, 11) is 0. The van der Waals surface area contributed by atoms with Crippen LogP contribution < -0.4 is 0 Å². The smallest absolute Gasteiger partial charge is 0.0721 e. The third-order valence-electron chi connectivity index (χ3n) is 4.04. The van der Waals surface area contributed by atoms with Gasteiger partial charge in [0.1, 0.15) is 0 Å². The van der Waals surface area contributed by atoms with Crippen molar-refractivity contribution in [2.75, 3.05) is 6.61 Å². The first kappa shape index (κ1) is 16.6. The normalized spacial score (nSPS) is 33.1. The molecule has 0 unspecified atom stereocenters. The Labute approximate surface area is 115 Å². The molecule has 0 radical (unpaired) electrons. The fraction of sp³-hybridized carbons (Fsp3) is 0.867. The second kappa shape index (κ2) is 8.69. The van der Waals surface area contributed by atoms with Gasteiger partial charge < -0.3 is 20.4 Å². The molecule has 1 rings (SSSR count). The number of rotatable bonds is 8. The summed E-state index contributed by atoms with van der Waals surface area (Å²) in [4.78, 5) is 0. The standard InChI is InChI=1S/C15H28O4/c1-2-3-4-5-11(17)6-7-12-13(8-9-16)15(19)10-14(12)18/h6-7,11-19H,2-5,8-10H2,1H3/b7-6+/t11-,12+,13+,14+,15-/m0/s1. The molecule has 19 heavy (non-hydrogen) atoms. The van der Waals surface area contributed by atoms with E-state index in [-0.39, 0.29) is 18.4 Å². The van der Waals surface area contributed by atoms with Crippen LogP contribution in [0, 0.1) is 11.8 Å². The van der Waals surface area contributed by atoms with Gasteiger partial charge in [0.05, 0.1) is 18.3 Å². The second-order valence-electron chi connectivity index (χ2n) is 5.57. The number of hydrogen-bond donors (Lipinski definition) is 4. The molecule has 0 spiro atoms. The summed E-state index contributed by atoms with van der Waals surface area (Å²) in [5.74, 6) is -0.276. The molecule has 5 atom stereocenters. The zero-order valence-electron chi connectivity index (χ0n) is 11.8. The van der Waals surface area contributed by atoms with Gasteiger partial charge in [0.15, 0.2) is 0 Å². The average molecular weight is 272 g/mol. The molecule has 1 fully saturated rings. The second-order valence-corrected chi connectivity index (χ2v) is 5.57. The van der Waals surface area contributed by atoms with Crippen molar-refractivity contribution in [3.05, 3.63) is 12.2 Å². The maximum absolute atomic E-state index is 9.91. The van der Waals surface area contributed by atoms with E-state index < -0.39 is 18.3 Å². The minimum atomic E-state index is -0.578. The lowest BCUT2D eigenvalue weighted by atomic mass is 9.90. The lowest BCUT2D eigenvalue weighted by Crippen LogP contribution is -2.22. The van der Waals surface area contributed by atoms with E-state index in [2.05, 4.69) is 6.92 Å². The Balaban J connectivity index is 2.47. The molecule has 0 bridgehead atoms. The van der Waals surface area contributed by atoms with Crippen molar-refractivity contribution in [3.63, 3.8) is 0 Å². The highest BCUT2D eigenvalue weighted by Crippen LogP contribution is 2.35. The van der Waals surface area contributed by atoms with Gasteiger partial charge in [0.2, 0.25) is 0 Å². The summed E-state index contributed by atoms with van der Waals surface area (Å²) in [6.45, 7) is 2.13. The first-order valence-electron chi connectivity index (χ1n) is 7.43. The van der Waals surface area contributed by atoms with Crippen LogP contribution in [0.25, 0.3) is 0 Å². The van der Waals surface area contributed by atoms with Crippen LogP contribution in [0.2, 0.25) is 0 Å². The Morgan fingerprint density at radius 2 is 1.95 bits per heavy atom. The summed E-state index contributed by atoms with van der Waals surface area (Å²) < 4.78 is 0. The highest BCUT2D eigenvalue weighted by atomic mass is 16.3. The predicted molar refractivity (Wildman–Crippen MR) is 74.6 cm³/mol. The van der Waals surface area contributed by atoms with Crippen LogP contribution >= 0.6 is 0 Å². The maximum atomic E-state index is 9.91. The van der Waals surface area contributed by atoms with Crippen LogP contribution in [0.1, 0.15) is 45.4 Å². The van der Waals surface area contributed by atoms with Crippen LogP contribution in [-0.2, 0) is 0 Å². The van der Waals surface area contributed by atoms with E-state index in [1.807, 2.05) is 6.08 Å². The van der Waals surface area contributed by atoms with E-state index in [0.29, 0.717) is 12.8 Å². The van der Waals surface area contributed by atoms with Crippen molar-refractivity contribution in [1.82, 2.24) is 0 Å². The minimum absolute atomic E-state index is 0.0117. The Morgan fingerprint density at radius 3 is 2.58 bits per heavy atom. The first-order chi connectivity index (χ1) is 9.10. The van der Waals surface area contributed by atoms with Crippen molar-refractivity contribution in [3.8, 4) is 0 Å². The van der Waals surface area contributed by atoms with Crippen LogP contribution in [0.15, 0.2) is 12.2 Å². The minimum Gasteiger partial charge on any atom is -0.396 e. The van der Waals surface area contributed by atoms with Crippen molar-refractivity contribution >= 4 is 0 Å². The van der Waals surface area contributed by atoms with Crippen molar-refractivity contribution in [2.45, 2.75) is 63.8 Å². The molecule has 112 valence electrons. The van der Waals surface area contributed by atoms with Gasteiger partial charge in [-0.05, 0) is 18.8 Å². The molecule has 4 nitrogen and oxygen atoms in total. The van der Waals surface area contributed by atoms with E-state index in [0.717, 1.165) is 25.7 Å². The molecule has 1 aliphatic carbocycles. The Hall–Kier alpha value is -0.420. The third-order valence-corrected chi connectivity index (χ3v) is 4.04. The predicted octanol–water partition coefficient (Wildman–Crippen LogP) is 1.22. The van der Waals surface area contributed by atoms with Crippen LogP contribution in [0.5, 0.6) is 0 Å². The molecule has 4 heteroatoms. The number of aliphatic hydroxyl groups is 4. The summed E-state index contributed by atoms with van der Waals surface area (Å²) in [6, 6.07) is 0. The molecular formula is C15H28O4. The van der Waals surface area contributed by atoms with E-state index in [1.54, 1.807) is 6.08 Å². The summed E-state index contributed by atoms with van der Waals surface area (Å²) in [6.07, 6.45) is 6.74. The van der Waals surface area contributed by atoms with Crippen LogP contribution in [0.4, 0.5) is 0 Å². The molecule has 0 aromatic rings. The number of aliphatic hydroxyl groups excluding tert-OH is 4. The van der Waals surface area contributed by atoms with Gasteiger partial charge in [-0.25, -0.2) is 0 Å². The SMILES string of the molecule is CCCCC[C@H](O)/C=C/[C@@H]1[C@@H](CCO)[C@@H](O)C[C@H]1O. The highest BCUT2D eigenvalue weighted by Gasteiger charge is 2.39. The molecule has 0 aromatic heterocycles. The molecule has 0 amide bonds.